The van der Waals surface area contributed by atoms with E-state index in [2.05, 4.69) is 9.84 Å². The highest BCUT2D eigenvalue weighted by Gasteiger charge is 2.26. The van der Waals surface area contributed by atoms with Gasteiger partial charge in [-0.3, -0.25) is 9.59 Å². The first-order chi connectivity index (χ1) is 14.1. The van der Waals surface area contributed by atoms with Gasteiger partial charge < -0.3 is 9.47 Å². The molecular weight excluding hydrogens is 372 g/mol. The van der Waals surface area contributed by atoms with Gasteiger partial charge in [-0.1, -0.05) is 60.7 Å². The summed E-state index contributed by atoms with van der Waals surface area (Å²) >= 11 is 0. The minimum Gasteiger partial charge on any atom is -0.468 e. The van der Waals surface area contributed by atoms with Crippen molar-refractivity contribution < 1.29 is 19.1 Å². The summed E-state index contributed by atoms with van der Waals surface area (Å²) in [6, 6.07) is 18.2. The van der Waals surface area contributed by atoms with Crippen molar-refractivity contribution in [1.82, 2.24) is 9.78 Å². The van der Waals surface area contributed by atoms with E-state index in [1.165, 1.54) is 7.11 Å². The molecule has 0 saturated carbocycles. The average molecular weight is 392 g/mol. The van der Waals surface area contributed by atoms with E-state index in [-0.39, 0.29) is 12.2 Å². The number of nitrogens with zero attached hydrogens (tertiary/aromatic N) is 2. The molecule has 0 amide bonds. The number of benzene rings is 2. The first-order valence-electron chi connectivity index (χ1n) is 9.06. The molecule has 0 spiro atoms. The quantitative estimate of drug-likeness (QED) is 0.600. The maximum atomic E-state index is 13.1. The van der Waals surface area contributed by atoms with E-state index in [0.717, 1.165) is 4.68 Å². The van der Waals surface area contributed by atoms with Gasteiger partial charge in [0.1, 0.15) is 12.1 Å². The summed E-state index contributed by atoms with van der Waals surface area (Å²) in [4.78, 5) is 37.7. The van der Waals surface area contributed by atoms with Gasteiger partial charge in [0.2, 0.25) is 0 Å². The van der Waals surface area contributed by atoms with Crippen LogP contribution in [0.15, 0.2) is 65.5 Å². The van der Waals surface area contributed by atoms with Crippen LogP contribution in [0.1, 0.15) is 17.3 Å². The van der Waals surface area contributed by atoms with Gasteiger partial charge in [-0.2, -0.15) is 5.10 Å². The largest absolute Gasteiger partial charge is 0.468 e. The molecule has 0 saturated heterocycles. The summed E-state index contributed by atoms with van der Waals surface area (Å²) in [6.45, 7) is 1.34. The Balaban J connectivity index is 2.39. The second-order valence-corrected chi connectivity index (χ2v) is 6.09. The third-order valence-corrected chi connectivity index (χ3v) is 4.25. The second kappa shape index (κ2) is 8.97. The predicted molar refractivity (Wildman–Crippen MR) is 107 cm³/mol. The van der Waals surface area contributed by atoms with E-state index in [9.17, 15) is 14.4 Å². The summed E-state index contributed by atoms with van der Waals surface area (Å²) in [5, 5.41) is 4.41. The third-order valence-electron chi connectivity index (χ3n) is 4.25. The molecule has 1 aromatic heterocycles. The highest BCUT2D eigenvalue weighted by molar-refractivity contribution is 6.00. The van der Waals surface area contributed by atoms with E-state index in [0.29, 0.717) is 22.4 Å². The minimum atomic E-state index is -0.769. The number of carbonyl (C=O) groups excluding carboxylic acids is 2. The van der Waals surface area contributed by atoms with Crippen LogP contribution in [0.3, 0.4) is 0 Å². The monoisotopic (exact) mass is 392 g/mol. The van der Waals surface area contributed by atoms with Gasteiger partial charge >= 0.3 is 11.9 Å². The number of hydrogen-bond acceptors (Lipinski definition) is 6. The minimum absolute atomic E-state index is 0.104. The molecule has 0 aliphatic carbocycles. The van der Waals surface area contributed by atoms with E-state index in [4.69, 9.17) is 4.74 Å². The Hall–Kier alpha value is -3.74. The number of aromatic nitrogens is 2. The van der Waals surface area contributed by atoms with Crippen LogP contribution in [0.25, 0.3) is 22.4 Å². The van der Waals surface area contributed by atoms with Crippen LogP contribution in [0.2, 0.25) is 0 Å². The van der Waals surface area contributed by atoms with Gasteiger partial charge in [0.05, 0.1) is 19.4 Å². The molecule has 0 bridgehead atoms. The molecule has 7 nitrogen and oxygen atoms in total. The molecule has 2 aromatic carbocycles. The van der Waals surface area contributed by atoms with Crippen LogP contribution in [0.4, 0.5) is 0 Å². The average Bonchev–Trinajstić information content (AvgIpc) is 2.75. The van der Waals surface area contributed by atoms with E-state index < -0.39 is 24.0 Å². The Morgan fingerprint density at radius 1 is 0.966 bits per heavy atom. The fraction of sp³-hybridized carbons (Fsp3) is 0.182. The van der Waals surface area contributed by atoms with E-state index in [1.54, 1.807) is 31.2 Å². The lowest BCUT2D eigenvalue weighted by Crippen LogP contribution is -2.33. The molecule has 7 heteroatoms. The third kappa shape index (κ3) is 4.24. The van der Waals surface area contributed by atoms with E-state index in [1.807, 2.05) is 36.4 Å². The first-order valence-corrected chi connectivity index (χ1v) is 9.06. The number of methoxy groups -OCH3 is 1. The van der Waals surface area contributed by atoms with Crippen molar-refractivity contribution >= 4 is 11.9 Å². The van der Waals surface area contributed by atoms with Crippen LogP contribution in [0.5, 0.6) is 0 Å². The zero-order valence-electron chi connectivity index (χ0n) is 16.1. The Kier molecular flexibility index (Phi) is 6.19. The SMILES string of the molecule is CCOC(=O)c1c(-c2ccccc2)c(-c2ccccc2)nn(CC(=O)OC)c1=O. The predicted octanol–water partition coefficient (Wildman–Crippen LogP) is 2.93. The molecule has 3 aromatic rings. The highest BCUT2D eigenvalue weighted by Crippen LogP contribution is 2.32. The normalized spacial score (nSPS) is 10.4. The molecule has 0 N–H and O–H groups in total. The van der Waals surface area contributed by atoms with Gasteiger partial charge in [0, 0.05) is 11.1 Å². The number of ether oxygens (including phenoxy) is 2. The van der Waals surface area contributed by atoms with Gasteiger partial charge in [0.15, 0.2) is 0 Å². The Morgan fingerprint density at radius 3 is 2.10 bits per heavy atom. The van der Waals surface area contributed by atoms with Crippen molar-refractivity contribution in [2.45, 2.75) is 13.5 Å². The Labute approximate surface area is 167 Å². The van der Waals surface area contributed by atoms with Crippen LogP contribution in [-0.4, -0.2) is 35.4 Å². The molecule has 0 aliphatic rings. The highest BCUT2D eigenvalue weighted by atomic mass is 16.5. The maximum absolute atomic E-state index is 13.1. The van der Waals surface area contributed by atoms with Crippen molar-refractivity contribution in [3.63, 3.8) is 0 Å². The van der Waals surface area contributed by atoms with Crippen LogP contribution in [0, 0.1) is 0 Å². The molecule has 0 radical (unpaired) electrons. The molecule has 0 aliphatic heterocycles. The number of hydrogen-bond donors (Lipinski definition) is 0. The Bertz CT molecular complexity index is 1080. The Morgan fingerprint density at radius 2 is 1.55 bits per heavy atom. The molecule has 148 valence electrons. The zero-order valence-corrected chi connectivity index (χ0v) is 16.1. The lowest BCUT2D eigenvalue weighted by Gasteiger charge is -2.16. The van der Waals surface area contributed by atoms with Gasteiger partial charge in [0.25, 0.3) is 5.56 Å². The second-order valence-electron chi connectivity index (χ2n) is 6.09. The molecule has 0 unspecified atom stereocenters. The summed E-state index contributed by atoms with van der Waals surface area (Å²) < 4.78 is 10.8. The fourth-order valence-electron chi connectivity index (χ4n) is 2.94. The van der Waals surface area contributed by atoms with Crippen molar-refractivity contribution in [2.75, 3.05) is 13.7 Å². The summed E-state index contributed by atoms with van der Waals surface area (Å²) in [5.74, 6) is -1.42. The lowest BCUT2D eigenvalue weighted by atomic mass is 9.95. The first kappa shape index (κ1) is 20.0. The van der Waals surface area contributed by atoms with Crippen LogP contribution in [-0.2, 0) is 20.8 Å². The number of rotatable bonds is 6. The topological polar surface area (TPSA) is 87.5 Å². The molecule has 0 atom stereocenters. The van der Waals surface area contributed by atoms with Crippen LogP contribution < -0.4 is 5.56 Å². The summed E-state index contributed by atoms with van der Waals surface area (Å²) in [5.41, 5.74) is 1.20. The van der Waals surface area contributed by atoms with Crippen molar-refractivity contribution in [3.8, 4) is 22.4 Å². The maximum Gasteiger partial charge on any atom is 0.344 e. The molecular formula is C22H20N2O5. The summed E-state index contributed by atoms with van der Waals surface area (Å²) in [7, 11) is 1.22. The van der Waals surface area contributed by atoms with Gasteiger partial charge in [-0.05, 0) is 12.5 Å². The molecule has 1 heterocycles. The smallest absolute Gasteiger partial charge is 0.344 e. The van der Waals surface area contributed by atoms with Crippen molar-refractivity contribution in [3.05, 3.63) is 76.6 Å². The van der Waals surface area contributed by atoms with Crippen LogP contribution >= 0.6 is 0 Å². The van der Waals surface area contributed by atoms with Crippen molar-refractivity contribution in [2.24, 2.45) is 0 Å². The summed E-state index contributed by atoms with van der Waals surface area (Å²) in [6.07, 6.45) is 0. The number of carbonyl (C=O) groups is 2. The van der Waals surface area contributed by atoms with Gasteiger partial charge in [-0.25, -0.2) is 9.48 Å². The van der Waals surface area contributed by atoms with E-state index >= 15 is 0 Å². The fourth-order valence-corrected chi connectivity index (χ4v) is 2.94. The molecule has 3 rings (SSSR count). The standard InChI is InChI=1S/C22H20N2O5/c1-3-29-22(27)19-18(15-10-6-4-7-11-15)20(16-12-8-5-9-13-16)23-24(21(19)26)14-17(25)28-2/h4-13H,3,14H2,1-2H3. The van der Waals surface area contributed by atoms with Gasteiger partial charge in [-0.15, -0.1) is 0 Å². The molecule has 29 heavy (non-hydrogen) atoms. The molecule has 0 fully saturated rings. The van der Waals surface area contributed by atoms with Crippen molar-refractivity contribution in [1.29, 1.82) is 0 Å². The number of esters is 2. The zero-order chi connectivity index (χ0) is 20.8. The lowest BCUT2D eigenvalue weighted by molar-refractivity contribution is -0.141.